The summed E-state index contributed by atoms with van der Waals surface area (Å²) in [4.78, 5) is 11.0. The maximum absolute atomic E-state index is 13.6. The molecule has 180 valence electrons. The van der Waals surface area contributed by atoms with E-state index in [9.17, 15) is 18.0 Å². The van der Waals surface area contributed by atoms with Crippen LogP contribution in [0.15, 0.2) is 60.7 Å². The van der Waals surface area contributed by atoms with Gasteiger partial charge in [-0.15, -0.1) is 11.3 Å². The second kappa shape index (κ2) is 10.6. The highest BCUT2D eigenvalue weighted by Crippen LogP contribution is 2.43. The van der Waals surface area contributed by atoms with Crippen molar-refractivity contribution in [3.8, 4) is 16.9 Å². The Morgan fingerprint density at radius 1 is 1.03 bits per heavy atom. The van der Waals surface area contributed by atoms with Crippen LogP contribution in [0.4, 0.5) is 13.2 Å². The lowest BCUT2D eigenvalue weighted by Crippen LogP contribution is -2.34. The van der Waals surface area contributed by atoms with E-state index in [0.29, 0.717) is 53.0 Å². The normalized spacial score (nSPS) is 18.6. The van der Waals surface area contributed by atoms with Crippen LogP contribution in [-0.2, 0) is 24.1 Å². The number of carbonyl (C=O) groups is 1. The fourth-order valence-corrected chi connectivity index (χ4v) is 5.18. The van der Waals surface area contributed by atoms with E-state index >= 15 is 0 Å². The van der Waals surface area contributed by atoms with Gasteiger partial charge < -0.3 is 15.2 Å². The molecule has 1 aliphatic carbocycles. The molecule has 4 nitrogen and oxygen atoms in total. The maximum Gasteiger partial charge on any atom is 0.426 e. The van der Waals surface area contributed by atoms with Gasteiger partial charge >= 0.3 is 12.1 Å². The van der Waals surface area contributed by atoms with E-state index in [4.69, 9.17) is 9.84 Å². The number of carboxylic acids is 1. The number of ether oxygens (including phenoxy) is 1. The van der Waals surface area contributed by atoms with E-state index in [2.05, 4.69) is 5.32 Å². The van der Waals surface area contributed by atoms with Crippen LogP contribution >= 0.6 is 11.3 Å². The quantitative estimate of drug-likeness (QED) is 0.368. The van der Waals surface area contributed by atoms with Crippen molar-refractivity contribution in [3.63, 3.8) is 0 Å². The van der Waals surface area contributed by atoms with Gasteiger partial charge in [-0.05, 0) is 55.0 Å². The molecule has 0 saturated heterocycles. The van der Waals surface area contributed by atoms with Crippen LogP contribution < -0.4 is 10.1 Å². The van der Waals surface area contributed by atoms with Crippen molar-refractivity contribution in [2.24, 2.45) is 5.92 Å². The van der Waals surface area contributed by atoms with E-state index in [1.807, 2.05) is 24.3 Å². The number of rotatable bonds is 8. The highest BCUT2D eigenvalue weighted by molar-refractivity contribution is 7.12. The van der Waals surface area contributed by atoms with Gasteiger partial charge in [0.15, 0.2) is 0 Å². The van der Waals surface area contributed by atoms with Gasteiger partial charge in [-0.3, -0.25) is 4.79 Å². The molecule has 0 spiro atoms. The minimum absolute atomic E-state index is 0.0605. The predicted octanol–water partition coefficient (Wildman–Crippen LogP) is 6.75. The minimum atomic E-state index is -4.42. The van der Waals surface area contributed by atoms with Gasteiger partial charge in [-0.25, -0.2) is 0 Å². The summed E-state index contributed by atoms with van der Waals surface area (Å²) in [6, 6.07) is 17.9. The number of hydrogen-bond acceptors (Lipinski definition) is 4. The van der Waals surface area contributed by atoms with Crippen molar-refractivity contribution in [1.82, 2.24) is 5.32 Å². The zero-order chi connectivity index (χ0) is 24.1. The van der Waals surface area contributed by atoms with Crippen LogP contribution in [-0.4, -0.2) is 17.1 Å². The van der Waals surface area contributed by atoms with Gasteiger partial charge in [0.1, 0.15) is 17.2 Å². The lowest BCUT2D eigenvalue weighted by Gasteiger charge is -2.27. The molecule has 1 heterocycles. The number of halogens is 3. The van der Waals surface area contributed by atoms with Crippen molar-refractivity contribution in [2.75, 3.05) is 0 Å². The molecule has 0 atom stereocenters. The summed E-state index contributed by atoms with van der Waals surface area (Å²) < 4.78 is 46.4. The van der Waals surface area contributed by atoms with Crippen LogP contribution in [0.25, 0.3) is 11.1 Å². The maximum atomic E-state index is 13.6. The SMILES string of the molecule is O=C(O)C1CCC(NCc2ccc(OCc3cc(-c4ccccc4)c(C(F)(F)F)s3)cc2)CC1. The number of benzene rings is 2. The van der Waals surface area contributed by atoms with Gasteiger partial charge in [0.2, 0.25) is 0 Å². The van der Waals surface area contributed by atoms with Gasteiger partial charge in [0.25, 0.3) is 0 Å². The van der Waals surface area contributed by atoms with Crippen molar-refractivity contribution in [2.45, 2.75) is 51.1 Å². The molecule has 0 unspecified atom stereocenters. The minimum Gasteiger partial charge on any atom is -0.488 e. The molecule has 1 fully saturated rings. The number of alkyl halides is 3. The molecular formula is C26H26F3NO3S. The first-order valence-corrected chi connectivity index (χ1v) is 12.0. The number of thiophene rings is 1. The molecule has 1 aromatic heterocycles. The van der Waals surface area contributed by atoms with Gasteiger partial charge in [-0.2, -0.15) is 13.2 Å². The standard InChI is InChI=1S/C26H26F3NO3S/c27-26(28,29)24-23(18-4-2-1-3-5-18)14-22(34-24)16-33-21-12-6-17(7-13-21)15-30-20-10-8-19(9-11-20)25(31)32/h1-7,12-14,19-20,30H,8-11,15-16H2,(H,31,32). The van der Waals surface area contributed by atoms with Gasteiger partial charge in [0.05, 0.1) is 5.92 Å². The Hall–Kier alpha value is -2.84. The Kier molecular flexibility index (Phi) is 7.58. The highest BCUT2D eigenvalue weighted by Gasteiger charge is 2.36. The van der Waals surface area contributed by atoms with Crippen molar-refractivity contribution in [1.29, 1.82) is 0 Å². The summed E-state index contributed by atoms with van der Waals surface area (Å²) in [5.41, 5.74) is 1.77. The van der Waals surface area contributed by atoms with Crippen LogP contribution in [0.5, 0.6) is 5.75 Å². The predicted molar refractivity (Wildman–Crippen MR) is 126 cm³/mol. The summed E-state index contributed by atoms with van der Waals surface area (Å²) in [7, 11) is 0. The van der Waals surface area contributed by atoms with E-state index in [0.717, 1.165) is 18.4 Å². The number of aliphatic carboxylic acids is 1. The lowest BCUT2D eigenvalue weighted by atomic mass is 9.86. The first-order valence-electron chi connectivity index (χ1n) is 11.2. The molecule has 34 heavy (non-hydrogen) atoms. The third kappa shape index (κ3) is 6.18. The van der Waals surface area contributed by atoms with E-state index < -0.39 is 17.0 Å². The Labute approximate surface area is 200 Å². The average Bonchev–Trinajstić information content (AvgIpc) is 3.28. The summed E-state index contributed by atoms with van der Waals surface area (Å²) in [6.45, 7) is 0.730. The first-order chi connectivity index (χ1) is 16.3. The lowest BCUT2D eigenvalue weighted by molar-refractivity contribution is -0.143. The summed E-state index contributed by atoms with van der Waals surface area (Å²) in [6.07, 6.45) is -1.32. The van der Waals surface area contributed by atoms with Crippen LogP contribution in [0.1, 0.15) is 41.0 Å². The second-order valence-electron chi connectivity index (χ2n) is 8.52. The van der Waals surface area contributed by atoms with E-state index in [-0.39, 0.29) is 18.1 Å². The zero-order valence-electron chi connectivity index (χ0n) is 18.5. The topological polar surface area (TPSA) is 58.6 Å². The Morgan fingerprint density at radius 2 is 1.71 bits per heavy atom. The van der Waals surface area contributed by atoms with Crippen molar-refractivity contribution >= 4 is 17.3 Å². The molecule has 2 aromatic carbocycles. The number of nitrogens with one attached hydrogen (secondary N) is 1. The molecule has 8 heteroatoms. The Morgan fingerprint density at radius 3 is 2.32 bits per heavy atom. The molecule has 1 aliphatic rings. The number of carboxylic acid groups (broad SMARTS) is 1. The summed E-state index contributed by atoms with van der Waals surface area (Å²) >= 11 is 0.713. The number of hydrogen-bond donors (Lipinski definition) is 2. The molecule has 3 aromatic rings. The third-order valence-corrected chi connectivity index (χ3v) is 7.25. The molecule has 4 rings (SSSR count). The average molecular weight is 490 g/mol. The molecule has 0 radical (unpaired) electrons. The third-order valence-electron chi connectivity index (χ3n) is 6.10. The van der Waals surface area contributed by atoms with Crippen molar-refractivity contribution in [3.05, 3.63) is 76.0 Å². The van der Waals surface area contributed by atoms with Gasteiger partial charge in [-0.1, -0.05) is 42.5 Å². The Balaban J connectivity index is 1.32. The zero-order valence-corrected chi connectivity index (χ0v) is 19.3. The monoisotopic (exact) mass is 489 g/mol. The summed E-state index contributed by atoms with van der Waals surface area (Å²) in [5.74, 6) is -0.342. The summed E-state index contributed by atoms with van der Waals surface area (Å²) in [5, 5.41) is 12.6. The van der Waals surface area contributed by atoms with Crippen molar-refractivity contribution < 1.29 is 27.8 Å². The fraction of sp³-hybridized carbons (Fsp3) is 0.346. The molecule has 0 bridgehead atoms. The van der Waals surface area contributed by atoms with Crippen LogP contribution in [0.3, 0.4) is 0 Å². The first kappa shape index (κ1) is 24.3. The fourth-order valence-electron chi connectivity index (χ4n) is 4.22. The van der Waals surface area contributed by atoms with E-state index in [1.54, 1.807) is 36.4 Å². The highest BCUT2D eigenvalue weighted by atomic mass is 32.1. The molecule has 0 amide bonds. The molecule has 2 N–H and O–H groups in total. The van der Waals surface area contributed by atoms with Crippen LogP contribution in [0, 0.1) is 5.92 Å². The smallest absolute Gasteiger partial charge is 0.426 e. The molecule has 0 aliphatic heterocycles. The largest absolute Gasteiger partial charge is 0.488 e. The Bertz CT molecular complexity index is 1090. The van der Waals surface area contributed by atoms with Crippen LogP contribution in [0.2, 0.25) is 0 Å². The molecular weight excluding hydrogens is 463 g/mol. The van der Waals surface area contributed by atoms with E-state index in [1.165, 1.54) is 0 Å². The second-order valence-corrected chi connectivity index (χ2v) is 9.66. The van der Waals surface area contributed by atoms with Gasteiger partial charge in [0, 0.05) is 23.0 Å². The molecule has 1 saturated carbocycles.